The van der Waals surface area contributed by atoms with Gasteiger partial charge in [-0.25, -0.2) is 0 Å². The molecule has 1 aliphatic rings. The Balaban J connectivity index is 2.32. The van der Waals surface area contributed by atoms with Gasteiger partial charge in [0.15, 0.2) is 0 Å². The Morgan fingerprint density at radius 2 is 2.20 bits per heavy atom. The third kappa shape index (κ3) is 0.453. The summed E-state index contributed by atoms with van der Waals surface area (Å²) in [6.45, 7) is 0. The van der Waals surface area contributed by atoms with Gasteiger partial charge in [0.1, 0.15) is 0 Å². The molecule has 2 heteroatoms. The van der Waals surface area contributed by atoms with Crippen molar-refractivity contribution in [1.82, 2.24) is 0 Å². The summed E-state index contributed by atoms with van der Waals surface area (Å²) < 4.78 is 0. The highest BCUT2D eigenvalue weighted by molar-refractivity contribution is 8.15. The standard InChI is InChI=1S/C3H5NS/c4-3-1-2-5-3/h4H,1-2H2. The zero-order valence-corrected chi connectivity index (χ0v) is 3.64. The first-order chi connectivity index (χ1) is 2.39. The van der Waals surface area contributed by atoms with Gasteiger partial charge in [0, 0.05) is 12.2 Å². The lowest BCUT2D eigenvalue weighted by Crippen LogP contribution is -2.03. The quantitative estimate of drug-likeness (QED) is 0.470. The van der Waals surface area contributed by atoms with Crippen molar-refractivity contribution in [2.75, 3.05) is 5.75 Å². The molecule has 1 heterocycles. The van der Waals surface area contributed by atoms with Crippen molar-refractivity contribution in [2.24, 2.45) is 0 Å². The number of rotatable bonds is 0. The van der Waals surface area contributed by atoms with Gasteiger partial charge >= 0.3 is 0 Å². The predicted octanol–water partition coefficient (Wildman–Crippen LogP) is 1.10. The molecule has 0 radical (unpaired) electrons. The van der Waals surface area contributed by atoms with E-state index in [-0.39, 0.29) is 0 Å². The molecular formula is C3H5NS. The van der Waals surface area contributed by atoms with Crippen molar-refractivity contribution < 1.29 is 0 Å². The Kier molecular flexibility index (Phi) is 0.651. The number of hydrogen-bond acceptors (Lipinski definition) is 2. The highest BCUT2D eigenvalue weighted by Gasteiger charge is 2.05. The van der Waals surface area contributed by atoms with Crippen LogP contribution in [0.4, 0.5) is 0 Å². The van der Waals surface area contributed by atoms with Crippen molar-refractivity contribution >= 4 is 16.8 Å². The monoisotopic (exact) mass is 87.0 g/mol. The van der Waals surface area contributed by atoms with Gasteiger partial charge in [-0.3, -0.25) is 5.41 Å². The van der Waals surface area contributed by atoms with Crippen molar-refractivity contribution in [3.63, 3.8) is 0 Å². The Bertz CT molecular complexity index is 53.9. The first-order valence-electron chi connectivity index (χ1n) is 1.60. The second-order valence-corrected chi connectivity index (χ2v) is 2.21. The van der Waals surface area contributed by atoms with Gasteiger partial charge < -0.3 is 0 Å². The van der Waals surface area contributed by atoms with Gasteiger partial charge in [-0.15, -0.1) is 11.8 Å². The van der Waals surface area contributed by atoms with E-state index in [0.717, 1.165) is 11.5 Å². The van der Waals surface area contributed by atoms with E-state index in [1.807, 2.05) is 0 Å². The minimum Gasteiger partial charge on any atom is -0.298 e. The van der Waals surface area contributed by atoms with Crippen LogP contribution in [0.15, 0.2) is 0 Å². The Morgan fingerprint density at radius 1 is 1.80 bits per heavy atom. The minimum absolute atomic E-state index is 0.852. The second-order valence-electron chi connectivity index (χ2n) is 1.02. The molecule has 0 aromatic heterocycles. The summed E-state index contributed by atoms with van der Waals surface area (Å²) in [7, 11) is 0. The van der Waals surface area contributed by atoms with Crippen LogP contribution in [0.2, 0.25) is 0 Å². The molecular weight excluding hydrogens is 82.1 g/mol. The molecule has 1 nitrogen and oxygen atoms in total. The minimum atomic E-state index is 0.852. The van der Waals surface area contributed by atoms with Gasteiger partial charge in [0.2, 0.25) is 0 Å². The molecule has 0 saturated carbocycles. The molecule has 1 N–H and O–H groups in total. The summed E-state index contributed by atoms with van der Waals surface area (Å²) in [6, 6.07) is 0. The van der Waals surface area contributed by atoms with E-state index < -0.39 is 0 Å². The third-order valence-electron chi connectivity index (χ3n) is 0.605. The number of thioether (sulfide) groups is 1. The first-order valence-corrected chi connectivity index (χ1v) is 2.58. The maximum atomic E-state index is 6.79. The van der Waals surface area contributed by atoms with Crippen molar-refractivity contribution in [1.29, 1.82) is 5.41 Å². The first kappa shape index (κ1) is 3.22. The summed E-state index contributed by atoms with van der Waals surface area (Å²) in [5.41, 5.74) is 0. The summed E-state index contributed by atoms with van der Waals surface area (Å²) >= 11 is 1.64. The molecule has 5 heavy (non-hydrogen) atoms. The Hall–Kier alpha value is 0.0200. The lowest BCUT2D eigenvalue weighted by Gasteiger charge is -2.08. The average Bonchev–Trinajstić information content (AvgIpc) is 1.30. The summed E-state index contributed by atoms with van der Waals surface area (Å²) in [5, 5.41) is 7.64. The molecule has 0 aromatic carbocycles. The molecule has 0 amide bonds. The zero-order valence-electron chi connectivity index (χ0n) is 2.82. The van der Waals surface area contributed by atoms with Crippen LogP contribution in [-0.4, -0.2) is 10.8 Å². The molecule has 0 atom stereocenters. The second kappa shape index (κ2) is 1.01. The van der Waals surface area contributed by atoms with E-state index in [1.165, 1.54) is 5.75 Å². The molecule has 0 aliphatic carbocycles. The lowest BCUT2D eigenvalue weighted by molar-refractivity contribution is 1.26. The van der Waals surface area contributed by atoms with Crippen molar-refractivity contribution in [3.05, 3.63) is 0 Å². The van der Waals surface area contributed by atoms with Crippen molar-refractivity contribution in [3.8, 4) is 0 Å². The summed E-state index contributed by atoms with van der Waals surface area (Å²) in [5.74, 6) is 1.18. The fourth-order valence-electron chi connectivity index (χ4n) is 0.204. The smallest absolute Gasteiger partial charge is 0.0649 e. The Labute approximate surface area is 35.3 Å². The van der Waals surface area contributed by atoms with Gasteiger partial charge in [0.25, 0.3) is 0 Å². The summed E-state index contributed by atoms with van der Waals surface area (Å²) in [4.78, 5) is 0. The molecule has 0 spiro atoms. The Morgan fingerprint density at radius 3 is 2.20 bits per heavy atom. The van der Waals surface area contributed by atoms with E-state index in [2.05, 4.69) is 0 Å². The fourth-order valence-corrected chi connectivity index (χ4v) is 0.612. The van der Waals surface area contributed by atoms with Crippen molar-refractivity contribution in [2.45, 2.75) is 6.42 Å². The van der Waals surface area contributed by atoms with E-state index in [1.54, 1.807) is 11.8 Å². The largest absolute Gasteiger partial charge is 0.298 e. The van der Waals surface area contributed by atoms with Crippen LogP contribution in [0.5, 0.6) is 0 Å². The molecule has 0 unspecified atom stereocenters. The summed E-state index contributed by atoms with van der Waals surface area (Å²) in [6.07, 6.45) is 1.03. The highest BCUT2D eigenvalue weighted by atomic mass is 32.2. The van der Waals surface area contributed by atoms with Crippen LogP contribution in [-0.2, 0) is 0 Å². The zero-order chi connectivity index (χ0) is 3.70. The normalized spacial score (nSPS) is 22.0. The molecule has 1 aliphatic heterocycles. The molecule has 1 fully saturated rings. The number of nitrogens with one attached hydrogen (secondary N) is 1. The molecule has 28 valence electrons. The van der Waals surface area contributed by atoms with Crippen LogP contribution in [0.3, 0.4) is 0 Å². The van der Waals surface area contributed by atoms with E-state index in [4.69, 9.17) is 5.41 Å². The van der Waals surface area contributed by atoms with Crippen LogP contribution in [0.25, 0.3) is 0 Å². The molecule has 0 bridgehead atoms. The van der Waals surface area contributed by atoms with Gasteiger partial charge in [0.05, 0.1) is 5.04 Å². The average molecular weight is 87.1 g/mol. The molecule has 0 aromatic rings. The van der Waals surface area contributed by atoms with Crippen LogP contribution < -0.4 is 0 Å². The van der Waals surface area contributed by atoms with Crippen LogP contribution in [0, 0.1) is 5.41 Å². The van der Waals surface area contributed by atoms with Gasteiger partial charge in [-0.2, -0.15) is 0 Å². The van der Waals surface area contributed by atoms with Crippen LogP contribution in [0.1, 0.15) is 6.42 Å². The third-order valence-corrected chi connectivity index (χ3v) is 1.57. The highest BCUT2D eigenvalue weighted by Crippen LogP contribution is 2.18. The molecule has 1 saturated heterocycles. The van der Waals surface area contributed by atoms with Crippen LogP contribution >= 0.6 is 11.8 Å². The maximum absolute atomic E-state index is 6.79. The lowest BCUT2D eigenvalue weighted by atomic mass is 10.5. The SMILES string of the molecule is N=C1CCS1. The topological polar surface area (TPSA) is 23.9 Å². The number of hydrogen-bond donors (Lipinski definition) is 1. The van der Waals surface area contributed by atoms with E-state index in [9.17, 15) is 0 Å². The molecule has 1 rings (SSSR count). The van der Waals surface area contributed by atoms with Gasteiger partial charge in [-0.05, 0) is 0 Å². The fraction of sp³-hybridized carbons (Fsp3) is 0.667. The van der Waals surface area contributed by atoms with E-state index >= 15 is 0 Å². The van der Waals surface area contributed by atoms with Gasteiger partial charge in [-0.1, -0.05) is 0 Å². The van der Waals surface area contributed by atoms with E-state index in [0.29, 0.717) is 0 Å². The maximum Gasteiger partial charge on any atom is 0.0649 e. The predicted molar refractivity (Wildman–Crippen MR) is 24.8 cm³/mol.